The van der Waals surface area contributed by atoms with Crippen LogP contribution in [-0.2, 0) is 9.84 Å². The number of aromatic nitrogens is 1. The van der Waals surface area contributed by atoms with Gasteiger partial charge in [0, 0.05) is 30.6 Å². The number of piperidine rings is 1. The number of nitrogens with zero attached hydrogens (tertiary/aromatic N) is 2. The summed E-state index contributed by atoms with van der Waals surface area (Å²) in [5, 5.41) is 1.31. The van der Waals surface area contributed by atoms with E-state index in [4.69, 9.17) is 4.74 Å². The van der Waals surface area contributed by atoms with E-state index in [0.29, 0.717) is 12.8 Å². The third kappa shape index (κ3) is 4.59. The summed E-state index contributed by atoms with van der Waals surface area (Å²) in [6, 6.07) is 11.4. The summed E-state index contributed by atoms with van der Waals surface area (Å²) in [4.78, 5) is 4.85. The summed E-state index contributed by atoms with van der Waals surface area (Å²) < 4.78 is 60.1. The molecule has 5 nitrogen and oxygen atoms in total. The third-order valence-corrected chi connectivity index (χ3v) is 9.21. The molecule has 0 aliphatic carbocycles. The molecule has 1 radical (unpaired) electrons. The highest BCUT2D eigenvalue weighted by Gasteiger charge is 2.33. The molecule has 1 aliphatic rings. The molecule has 0 spiro atoms. The lowest BCUT2D eigenvalue weighted by Gasteiger charge is -2.36. The highest BCUT2D eigenvalue weighted by molar-refractivity contribution is 9.10. The summed E-state index contributed by atoms with van der Waals surface area (Å²) >= 11 is 3.79. The normalized spacial score (nSPS) is 16.8. The van der Waals surface area contributed by atoms with Crippen LogP contribution in [0.1, 0.15) is 31.4 Å². The second kappa shape index (κ2) is 9.54. The predicted octanol–water partition coefficient (Wildman–Crippen LogP) is 5.42. The van der Waals surface area contributed by atoms with Crippen molar-refractivity contribution in [3.8, 4) is 5.75 Å². The number of ether oxygens (including phenoxy) is 1. The molecule has 1 fully saturated rings. The van der Waals surface area contributed by atoms with Crippen molar-refractivity contribution in [1.82, 2.24) is 9.88 Å². The number of hydrogen-bond acceptors (Lipinski definition) is 6. The zero-order valence-corrected chi connectivity index (χ0v) is 20.3. The molecule has 1 aromatic heterocycles. The maximum Gasteiger partial charge on any atom is 0.239 e. The van der Waals surface area contributed by atoms with Gasteiger partial charge in [0.25, 0.3) is 0 Å². The Kier molecular flexibility index (Phi) is 6.94. The molecule has 32 heavy (non-hydrogen) atoms. The second-order valence-corrected chi connectivity index (χ2v) is 11.2. The van der Waals surface area contributed by atoms with Gasteiger partial charge in [-0.1, -0.05) is 30.3 Å². The number of rotatable bonds is 6. The van der Waals surface area contributed by atoms with Gasteiger partial charge < -0.3 is 4.74 Å². The van der Waals surface area contributed by atoms with Gasteiger partial charge in [-0.25, -0.2) is 22.2 Å². The molecule has 3 aromatic rings. The summed E-state index contributed by atoms with van der Waals surface area (Å²) in [5.74, 6) is -2.50. The molecule has 169 valence electrons. The van der Waals surface area contributed by atoms with Crippen molar-refractivity contribution in [3.05, 3.63) is 69.6 Å². The Morgan fingerprint density at radius 1 is 1.25 bits per heavy atom. The molecule has 0 N–H and O–H groups in total. The van der Waals surface area contributed by atoms with E-state index in [1.165, 1.54) is 10.9 Å². The molecular formula is C22H20BrF2N2O3S2. The van der Waals surface area contributed by atoms with E-state index in [-0.39, 0.29) is 22.4 Å². The lowest BCUT2D eigenvalue weighted by molar-refractivity contribution is 0.0787. The van der Waals surface area contributed by atoms with Crippen LogP contribution in [0.4, 0.5) is 8.78 Å². The number of sulfone groups is 1. The Labute approximate surface area is 198 Å². The van der Waals surface area contributed by atoms with Crippen LogP contribution in [0, 0.1) is 17.8 Å². The van der Waals surface area contributed by atoms with Crippen molar-refractivity contribution in [2.24, 2.45) is 0 Å². The molecule has 4 rings (SSSR count). The van der Waals surface area contributed by atoms with E-state index in [1.54, 1.807) is 0 Å². The number of thiazole rings is 1. The fraction of sp³-hybridized carbons (Fsp3) is 0.318. The fourth-order valence-corrected chi connectivity index (χ4v) is 6.54. The van der Waals surface area contributed by atoms with Gasteiger partial charge in [-0.05, 0) is 41.3 Å². The first-order chi connectivity index (χ1) is 15.3. The third-order valence-electron chi connectivity index (χ3n) is 5.55. The van der Waals surface area contributed by atoms with Crippen LogP contribution < -0.4 is 4.74 Å². The minimum Gasteiger partial charge on any atom is -0.489 e. The molecule has 0 unspecified atom stereocenters. The molecule has 0 saturated carbocycles. The first kappa shape index (κ1) is 23.3. The van der Waals surface area contributed by atoms with Crippen molar-refractivity contribution in [2.75, 3.05) is 13.1 Å². The lowest BCUT2D eigenvalue weighted by atomic mass is 10.0. The summed E-state index contributed by atoms with van der Waals surface area (Å²) in [6.45, 7) is 3.70. The van der Waals surface area contributed by atoms with E-state index >= 15 is 0 Å². The van der Waals surface area contributed by atoms with Crippen LogP contribution in [0.5, 0.6) is 5.75 Å². The first-order valence-electron chi connectivity index (χ1n) is 9.99. The fourth-order valence-electron chi connectivity index (χ4n) is 3.78. The molecule has 1 atom stereocenters. The van der Waals surface area contributed by atoms with Gasteiger partial charge in [0.15, 0.2) is 5.82 Å². The van der Waals surface area contributed by atoms with Crippen molar-refractivity contribution < 1.29 is 21.9 Å². The highest BCUT2D eigenvalue weighted by atomic mass is 79.9. The van der Waals surface area contributed by atoms with Gasteiger partial charge >= 0.3 is 0 Å². The second-order valence-electron chi connectivity index (χ2n) is 7.50. The monoisotopic (exact) mass is 541 g/mol. The topological polar surface area (TPSA) is 59.5 Å². The molecular weight excluding hydrogens is 522 g/mol. The molecule has 0 amide bonds. The Bertz CT molecular complexity index is 1180. The standard InChI is InChI=1S/C22H20BrF2N2O3S2/c1-14(15-5-3-2-4-6-15)27-10-7-16(8-11-27)30-18-13-17(24)21(20(25)19(18)23)32(28,29)22-26-9-12-31-22/h2-6,12-14,16H,7-8,10-11H2,1H3/t14-/m1/s1. The molecule has 2 aromatic carbocycles. The largest absolute Gasteiger partial charge is 0.489 e. The van der Waals surface area contributed by atoms with E-state index in [2.05, 4.69) is 51.1 Å². The van der Waals surface area contributed by atoms with Crippen LogP contribution in [0.2, 0.25) is 0 Å². The Balaban J connectivity index is 1.48. The van der Waals surface area contributed by atoms with Gasteiger partial charge in [-0.2, -0.15) is 0 Å². The number of benzene rings is 2. The predicted molar refractivity (Wildman–Crippen MR) is 121 cm³/mol. The maximum absolute atomic E-state index is 14.9. The van der Waals surface area contributed by atoms with Gasteiger partial charge in [0.2, 0.25) is 14.2 Å². The quantitative estimate of drug-likeness (QED) is 0.390. The number of likely N-dealkylation sites (tertiary alicyclic amines) is 1. The van der Waals surface area contributed by atoms with Crippen LogP contribution in [0.25, 0.3) is 0 Å². The van der Waals surface area contributed by atoms with Crippen LogP contribution in [0.15, 0.2) is 55.5 Å². The van der Waals surface area contributed by atoms with Crippen molar-refractivity contribution in [3.63, 3.8) is 0 Å². The van der Waals surface area contributed by atoms with Crippen molar-refractivity contribution in [2.45, 2.75) is 41.1 Å². The molecule has 10 heteroatoms. The smallest absolute Gasteiger partial charge is 0.239 e. The maximum atomic E-state index is 14.9. The first-order valence-corrected chi connectivity index (χ1v) is 13.1. The SMILES string of the molecule is C[C@H](c1ccccc1)N1CCC(Oc2cc(F)c(S(=O)(=O)c3n[c]cs3)c(F)c2Br)CC1. The summed E-state index contributed by atoms with van der Waals surface area (Å²) in [6.07, 6.45) is 3.48. The zero-order valence-electron chi connectivity index (χ0n) is 17.1. The van der Waals surface area contributed by atoms with Crippen LogP contribution in [0.3, 0.4) is 0 Å². The van der Waals surface area contributed by atoms with Crippen LogP contribution >= 0.6 is 27.3 Å². The summed E-state index contributed by atoms with van der Waals surface area (Å²) in [7, 11) is -4.44. The van der Waals surface area contributed by atoms with E-state index < -0.39 is 30.7 Å². The average Bonchev–Trinajstić information content (AvgIpc) is 3.34. The summed E-state index contributed by atoms with van der Waals surface area (Å²) in [5.41, 5.74) is 1.23. The Hall–Kier alpha value is -1.88. The van der Waals surface area contributed by atoms with E-state index in [1.807, 2.05) is 18.2 Å². The Morgan fingerprint density at radius 3 is 2.56 bits per heavy atom. The van der Waals surface area contributed by atoms with Gasteiger partial charge in [-0.3, -0.25) is 4.90 Å². The zero-order chi connectivity index (χ0) is 22.9. The highest BCUT2D eigenvalue weighted by Crippen LogP contribution is 2.38. The molecule has 0 bridgehead atoms. The van der Waals surface area contributed by atoms with Gasteiger partial charge in [0.05, 0.1) is 4.47 Å². The number of hydrogen-bond donors (Lipinski definition) is 0. The average molecular weight is 542 g/mol. The number of halogens is 3. The minimum atomic E-state index is -4.44. The van der Waals surface area contributed by atoms with Gasteiger partial charge in [-0.15, -0.1) is 11.3 Å². The van der Waals surface area contributed by atoms with E-state index in [0.717, 1.165) is 30.5 Å². The van der Waals surface area contributed by atoms with E-state index in [9.17, 15) is 17.2 Å². The van der Waals surface area contributed by atoms with Crippen LogP contribution in [-0.4, -0.2) is 37.5 Å². The van der Waals surface area contributed by atoms with Crippen molar-refractivity contribution in [1.29, 1.82) is 0 Å². The van der Waals surface area contributed by atoms with Crippen molar-refractivity contribution >= 4 is 37.1 Å². The molecule has 1 saturated heterocycles. The van der Waals surface area contributed by atoms with Gasteiger partial charge in [0.1, 0.15) is 28.8 Å². The lowest BCUT2D eigenvalue weighted by Crippen LogP contribution is -2.39. The minimum absolute atomic E-state index is 0.0563. The molecule has 2 heterocycles. The Morgan fingerprint density at radius 2 is 1.94 bits per heavy atom. The molecule has 1 aliphatic heterocycles.